The van der Waals surface area contributed by atoms with Crippen LogP contribution in [0, 0.1) is 0 Å². The second kappa shape index (κ2) is 7.87. The highest BCUT2D eigenvalue weighted by Gasteiger charge is 2.40. The molecule has 0 atom stereocenters. The van der Waals surface area contributed by atoms with Gasteiger partial charge in [-0.25, -0.2) is 4.79 Å². The van der Waals surface area contributed by atoms with Gasteiger partial charge in [-0.1, -0.05) is 26.2 Å². The summed E-state index contributed by atoms with van der Waals surface area (Å²) in [5.74, 6) is -1.50. The first-order valence-corrected chi connectivity index (χ1v) is 7.31. The van der Waals surface area contributed by atoms with E-state index >= 15 is 0 Å². The lowest BCUT2D eigenvalue weighted by atomic mass is 9.81. The molecule has 0 aromatic rings. The minimum atomic E-state index is -1.13. The van der Waals surface area contributed by atoms with Gasteiger partial charge in [-0.15, -0.1) is 0 Å². The monoisotopic (exact) mass is 284 g/mol. The van der Waals surface area contributed by atoms with E-state index in [-0.39, 0.29) is 24.7 Å². The third-order valence-electron chi connectivity index (χ3n) is 3.65. The van der Waals surface area contributed by atoms with Gasteiger partial charge in [0.15, 0.2) is 0 Å². The van der Waals surface area contributed by atoms with Crippen LogP contribution in [0.2, 0.25) is 0 Å². The molecule has 1 aliphatic rings. The zero-order valence-electron chi connectivity index (χ0n) is 12.0. The number of aliphatic carboxylic acids is 1. The number of nitrogens with one attached hydrogen (secondary N) is 2. The largest absolute Gasteiger partial charge is 0.480 e. The summed E-state index contributed by atoms with van der Waals surface area (Å²) in [6.45, 7) is 2.55. The maximum Gasteiger partial charge on any atom is 0.329 e. The summed E-state index contributed by atoms with van der Waals surface area (Å²) in [6, 6.07) is 0. The Hall–Kier alpha value is -1.59. The molecule has 20 heavy (non-hydrogen) atoms. The Balaban J connectivity index is 2.43. The molecule has 0 saturated heterocycles. The van der Waals surface area contributed by atoms with Gasteiger partial charge in [-0.2, -0.15) is 0 Å². The standard InChI is InChI=1S/C14H24N2O4/c1-2-10-15-11(17)6-7-12(18)16-14(13(19)20)8-4-3-5-9-14/h2-10H2,1H3,(H,15,17)(H,16,18)(H,19,20). The van der Waals surface area contributed by atoms with Crippen LogP contribution in [0.4, 0.5) is 0 Å². The Morgan fingerprint density at radius 1 is 1.05 bits per heavy atom. The van der Waals surface area contributed by atoms with Gasteiger partial charge in [-0.05, 0) is 19.3 Å². The Labute approximate surface area is 119 Å². The third-order valence-corrected chi connectivity index (χ3v) is 3.65. The van der Waals surface area contributed by atoms with Crippen LogP contribution in [-0.4, -0.2) is 35.0 Å². The molecule has 114 valence electrons. The van der Waals surface area contributed by atoms with Crippen LogP contribution < -0.4 is 10.6 Å². The Morgan fingerprint density at radius 2 is 1.65 bits per heavy atom. The quantitative estimate of drug-likeness (QED) is 0.654. The highest BCUT2D eigenvalue weighted by atomic mass is 16.4. The van der Waals surface area contributed by atoms with E-state index < -0.39 is 11.5 Å². The summed E-state index contributed by atoms with van der Waals surface area (Å²) in [5.41, 5.74) is -1.13. The van der Waals surface area contributed by atoms with E-state index in [1.54, 1.807) is 0 Å². The van der Waals surface area contributed by atoms with Crippen molar-refractivity contribution in [2.24, 2.45) is 0 Å². The maximum atomic E-state index is 11.8. The molecule has 6 nitrogen and oxygen atoms in total. The lowest BCUT2D eigenvalue weighted by Gasteiger charge is -2.33. The Morgan fingerprint density at radius 3 is 2.20 bits per heavy atom. The first kappa shape index (κ1) is 16.5. The number of amides is 2. The number of carboxylic acids is 1. The summed E-state index contributed by atoms with van der Waals surface area (Å²) in [6.07, 6.45) is 4.54. The normalized spacial score (nSPS) is 17.2. The number of carbonyl (C=O) groups excluding carboxylic acids is 2. The average Bonchev–Trinajstić information content (AvgIpc) is 2.43. The van der Waals surface area contributed by atoms with Crippen LogP contribution in [0.5, 0.6) is 0 Å². The van der Waals surface area contributed by atoms with Crippen molar-refractivity contribution in [1.29, 1.82) is 0 Å². The molecule has 1 saturated carbocycles. The molecule has 0 aliphatic heterocycles. The second-order valence-electron chi connectivity index (χ2n) is 5.35. The van der Waals surface area contributed by atoms with Gasteiger partial charge in [0.1, 0.15) is 5.54 Å². The lowest BCUT2D eigenvalue weighted by Crippen LogP contribution is -2.55. The summed E-state index contributed by atoms with van der Waals surface area (Å²) in [4.78, 5) is 34.6. The molecule has 0 heterocycles. The van der Waals surface area contributed by atoms with Crippen molar-refractivity contribution < 1.29 is 19.5 Å². The number of hydrogen-bond acceptors (Lipinski definition) is 3. The molecule has 0 aromatic carbocycles. The molecule has 3 N–H and O–H groups in total. The Kier molecular flexibility index (Phi) is 6.48. The van der Waals surface area contributed by atoms with E-state index in [1.165, 1.54) is 0 Å². The van der Waals surface area contributed by atoms with E-state index in [0.29, 0.717) is 19.4 Å². The van der Waals surface area contributed by atoms with Crippen LogP contribution in [-0.2, 0) is 14.4 Å². The van der Waals surface area contributed by atoms with E-state index in [9.17, 15) is 19.5 Å². The highest BCUT2D eigenvalue weighted by molar-refractivity contribution is 5.89. The van der Waals surface area contributed by atoms with Crippen molar-refractivity contribution in [2.75, 3.05) is 6.54 Å². The van der Waals surface area contributed by atoms with Crippen LogP contribution in [0.25, 0.3) is 0 Å². The molecule has 1 rings (SSSR count). The first-order valence-electron chi connectivity index (χ1n) is 7.31. The summed E-state index contributed by atoms with van der Waals surface area (Å²) >= 11 is 0. The smallest absolute Gasteiger partial charge is 0.329 e. The number of carbonyl (C=O) groups is 3. The van der Waals surface area contributed by atoms with Crippen LogP contribution in [0.3, 0.4) is 0 Å². The van der Waals surface area contributed by atoms with Gasteiger partial charge in [0.05, 0.1) is 0 Å². The van der Waals surface area contributed by atoms with Crippen LogP contribution >= 0.6 is 0 Å². The molecule has 0 spiro atoms. The van der Waals surface area contributed by atoms with Gasteiger partial charge < -0.3 is 15.7 Å². The first-order chi connectivity index (χ1) is 9.50. The molecular formula is C14H24N2O4. The van der Waals surface area contributed by atoms with Gasteiger partial charge in [0.25, 0.3) is 0 Å². The fourth-order valence-corrected chi connectivity index (χ4v) is 2.46. The predicted octanol–water partition coefficient (Wildman–Crippen LogP) is 1.20. The molecule has 0 radical (unpaired) electrons. The summed E-state index contributed by atoms with van der Waals surface area (Å²) in [7, 11) is 0. The molecular weight excluding hydrogens is 260 g/mol. The molecule has 0 unspecified atom stereocenters. The molecule has 0 aromatic heterocycles. The van der Waals surface area contributed by atoms with E-state index in [2.05, 4.69) is 10.6 Å². The topological polar surface area (TPSA) is 95.5 Å². The number of rotatable bonds is 7. The van der Waals surface area contributed by atoms with Crippen molar-refractivity contribution >= 4 is 17.8 Å². The zero-order chi connectivity index (χ0) is 15.0. The summed E-state index contributed by atoms with van der Waals surface area (Å²) < 4.78 is 0. The second-order valence-corrected chi connectivity index (χ2v) is 5.35. The third kappa shape index (κ3) is 4.83. The average molecular weight is 284 g/mol. The van der Waals surface area contributed by atoms with E-state index in [4.69, 9.17) is 0 Å². The highest BCUT2D eigenvalue weighted by Crippen LogP contribution is 2.28. The van der Waals surface area contributed by atoms with Gasteiger partial charge in [0, 0.05) is 19.4 Å². The van der Waals surface area contributed by atoms with Crippen molar-refractivity contribution in [3.05, 3.63) is 0 Å². The molecule has 2 amide bonds. The fourth-order valence-electron chi connectivity index (χ4n) is 2.46. The molecule has 1 fully saturated rings. The molecule has 0 bridgehead atoms. The van der Waals surface area contributed by atoms with Crippen molar-refractivity contribution in [3.63, 3.8) is 0 Å². The molecule has 6 heteroatoms. The van der Waals surface area contributed by atoms with Gasteiger partial charge >= 0.3 is 5.97 Å². The summed E-state index contributed by atoms with van der Waals surface area (Å²) in [5, 5.41) is 14.7. The minimum absolute atomic E-state index is 0.0323. The number of carboxylic acid groups (broad SMARTS) is 1. The van der Waals surface area contributed by atoms with Crippen molar-refractivity contribution in [1.82, 2.24) is 10.6 Å². The maximum absolute atomic E-state index is 11.8. The predicted molar refractivity (Wildman–Crippen MR) is 74.1 cm³/mol. The SMILES string of the molecule is CCCNC(=O)CCC(=O)NC1(C(=O)O)CCCCC1. The number of hydrogen-bond donors (Lipinski definition) is 3. The van der Waals surface area contributed by atoms with Crippen molar-refractivity contribution in [2.45, 2.75) is 63.8 Å². The van der Waals surface area contributed by atoms with Gasteiger partial charge in [0.2, 0.25) is 11.8 Å². The van der Waals surface area contributed by atoms with Crippen molar-refractivity contribution in [3.8, 4) is 0 Å². The Bertz CT molecular complexity index is 362. The van der Waals surface area contributed by atoms with E-state index in [1.807, 2.05) is 6.92 Å². The van der Waals surface area contributed by atoms with E-state index in [0.717, 1.165) is 25.7 Å². The van der Waals surface area contributed by atoms with Crippen LogP contribution in [0.15, 0.2) is 0 Å². The minimum Gasteiger partial charge on any atom is -0.480 e. The zero-order valence-corrected chi connectivity index (χ0v) is 12.0. The molecule has 1 aliphatic carbocycles. The lowest BCUT2D eigenvalue weighted by molar-refractivity contribution is -0.149. The van der Waals surface area contributed by atoms with Gasteiger partial charge in [-0.3, -0.25) is 9.59 Å². The van der Waals surface area contributed by atoms with Crippen LogP contribution in [0.1, 0.15) is 58.3 Å². The fraction of sp³-hybridized carbons (Fsp3) is 0.786.